The number of hydrogen-bond acceptors (Lipinski definition) is 4. The lowest BCUT2D eigenvalue weighted by Gasteiger charge is -2.22. The molecule has 1 saturated heterocycles. The molecule has 1 aromatic carbocycles. The van der Waals surface area contributed by atoms with E-state index in [2.05, 4.69) is 15.3 Å². The quantitative estimate of drug-likeness (QED) is 0.939. The molecule has 1 aliphatic rings. The fraction of sp³-hybridized carbons (Fsp3) is 0.375. The number of hydrogen-bond donors (Lipinski definition) is 1. The first-order valence-electron chi connectivity index (χ1n) is 7.27. The van der Waals surface area contributed by atoms with Gasteiger partial charge < -0.3 is 10.1 Å². The SMILES string of the molecule is Cc1nc(Nc2ccc(F)c(F)c2)cc(C2CCOCC2)n1. The molecule has 0 unspecified atom stereocenters. The second-order valence-electron chi connectivity index (χ2n) is 5.37. The smallest absolute Gasteiger partial charge is 0.160 e. The maximum absolute atomic E-state index is 13.3. The van der Waals surface area contributed by atoms with Crippen LogP contribution in [0.25, 0.3) is 0 Å². The van der Waals surface area contributed by atoms with Gasteiger partial charge in [0.25, 0.3) is 0 Å². The van der Waals surface area contributed by atoms with Gasteiger partial charge in [-0.3, -0.25) is 0 Å². The fourth-order valence-corrected chi connectivity index (χ4v) is 2.58. The largest absolute Gasteiger partial charge is 0.381 e. The lowest BCUT2D eigenvalue weighted by atomic mass is 9.96. The normalized spacial score (nSPS) is 15.8. The number of rotatable bonds is 3. The Kier molecular flexibility index (Phi) is 4.29. The number of nitrogens with one attached hydrogen (secondary N) is 1. The number of anilines is 2. The van der Waals surface area contributed by atoms with E-state index in [4.69, 9.17) is 4.74 Å². The topological polar surface area (TPSA) is 47.0 Å². The van der Waals surface area contributed by atoms with E-state index in [1.165, 1.54) is 6.07 Å². The van der Waals surface area contributed by atoms with E-state index in [9.17, 15) is 8.78 Å². The van der Waals surface area contributed by atoms with Crippen LogP contribution in [0.15, 0.2) is 24.3 Å². The molecule has 22 heavy (non-hydrogen) atoms. The highest BCUT2D eigenvalue weighted by Crippen LogP contribution is 2.27. The maximum Gasteiger partial charge on any atom is 0.160 e. The number of benzene rings is 1. The summed E-state index contributed by atoms with van der Waals surface area (Å²) in [7, 11) is 0. The number of nitrogens with zero attached hydrogens (tertiary/aromatic N) is 2. The van der Waals surface area contributed by atoms with Gasteiger partial charge >= 0.3 is 0 Å². The van der Waals surface area contributed by atoms with Crippen molar-refractivity contribution in [1.82, 2.24) is 9.97 Å². The summed E-state index contributed by atoms with van der Waals surface area (Å²) in [6.45, 7) is 3.29. The first kappa shape index (κ1) is 14.8. The minimum absolute atomic E-state index is 0.348. The molecule has 0 saturated carbocycles. The Morgan fingerprint density at radius 1 is 1.09 bits per heavy atom. The molecule has 2 aromatic rings. The number of ether oxygens (including phenoxy) is 1. The fourth-order valence-electron chi connectivity index (χ4n) is 2.58. The molecule has 0 spiro atoms. The number of aryl methyl sites for hydroxylation is 1. The second kappa shape index (κ2) is 6.36. The minimum atomic E-state index is -0.888. The molecule has 0 radical (unpaired) electrons. The van der Waals surface area contributed by atoms with Crippen LogP contribution in [0.5, 0.6) is 0 Å². The summed E-state index contributed by atoms with van der Waals surface area (Å²) in [5.41, 5.74) is 1.41. The molecule has 2 heterocycles. The predicted molar refractivity (Wildman–Crippen MR) is 79.2 cm³/mol. The van der Waals surface area contributed by atoms with Crippen LogP contribution in [-0.2, 0) is 4.74 Å². The van der Waals surface area contributed by atoms with E-state index in [0.29, 0.717) is 23.2 Å². The summed E-state index contributed by atoms with van der Waals surface area (Å²) in [6.07, 6.45) is 1.86. The predicted octanol–water partition coefficient (Wildman–Crippen LogP) is 3.70. The third-order valence-corrected chi connectivity index (χ3v) is 3.69. The van der Waals surface area contributed by atoms with Crippen molar-refractivity contribution in [2.75, 3.05) is 18.5 Å². The average Bonchev–Trinajstić information content (AvgIpc) is 2.51. The Labute approximate surface area is 127 Å². The Morgan fingerprint density at radius 2 is 1.86 bits per heavy atom. The van der Waals surface area contributed by atoms with Gasteiger partial charge in [0.15, 0.2) is 11.6 Å². The van der Waals surface area contributed by atoms with Crippen molar-refractivity contribution in [3.63, 3.8) is 0 Å². The molecule has 1 aromatic heterocycles. The molecular formula is C16H17F2N3O. The molecule has 1 aliphatic heterocycles. The van der Waals surface area contributed by atoms with Crippen LogP contribution in [0.1, 0.15) is 30.3 Å². The summed E-state index contributed by atoms with van der Waals surface area (Å²) >= 11 is 0. The van der Waals surface area contributed by atoms with Gasteiger partial charge in [-0.2, -0.15) is 0 Å². The molecule has 0 bridgehead atoms. The minimum Gasteiger partial charge on any atom is -0.381 e. The lowest BCUT2D eigenvalue weighted by Crippen LogP contribution is -2.16. The van der Waals surface area contributed by atoms with Gasteiger partial charge in [-0.05, 0) is 31.9 Å². The van der Waals surface area contributed by atoms with Crippen LogP contribution < -0.4 is 5.32 Å². The third kappa shape index (κ3) is 3.39. The van der Waals surface area contributed by atoms with Crippen molar-refractivity contribution < 1.29 is 13.5 Å². The van der Waals surface area contributed by atoms with E-state index in [-0.39, 0.29) is 0 Å². The van der Waals surface area contributed by atoms with Gasteiger partial charge in [-0.15, -0.1) is 0 Å². The highest BCUT2D eigenvalue weighted by molar-refractivity contribution is 5.56. The highest BCUT2D eigenvalue weighted by atomic mass is 19.2. The van der Waals surface area contributed by atoms with Crippen LogP contribution in [0, 0.1) is 18.6 Å². The van der Waals surface area contributed by atoms with Crippen molar-refractivity contribution in [2.24, 2.45) is 0 Å². The summed E-state index contributed by atoms with van der Waals surface area (Å²) < 4.78 is 31.6. The Hall–Kier alpha value is -2.08. The highest BCUT2D eigenvalue weighted by Gasteiger charge is 2.18. The summed E-state index contributed by atoms with van der Waals surface area (Å²) in [5.74, 6) is -0.178. The Balaban J connectivity index is 1.83. The summed E-state index contributed by atoms with van der Waals surface area (Å²) in [6, 6.07) is 5.54. The average molecular weight is 305 g/mol. The summed E-state index contributed by atoms with van der Waals surface area (Å²) in [4.78, 5) is 8.80. The molecular weight excluding hydrogens is 288 g/mol. The lowest BCUT2D eigenvalue weighted by molar-refractivity contribution is 0.0844. The van der Waals surface area contributed by atoms with Crippen molar-refractivity contribution in [1.29, 1.82) is 0 Å². The van der Waals surface area contributed by atoms with Crippen LogP contribution in [0.2, 0.25) is 0 Å². The van der Waals surface area contributed by atoms with Gasteiger partial charge in [0.1, 0.15) is 11.6 Å². The number of halogens is 2. The molecule has 6 heteroatoms. The molecule has 4 nitrogen and oxygen atoms in total. The van der Waals surface area contributed by atoms with E-state index in [1.807, 2.05) is 13.0 Å². The van der Waals surface area contributed by atoms with Crippen LogP contribution >= 0.6 is 0 Å². The van der Waals surface area contributed by atoms with Gasteiger partial charge in [-0.1, -0.05) is 0 Å². The van der Waals surface area contributed by atoms with Gasteiger partial charge in [-0.25, -0.2) is 18.7 Å². The molecule has 0 amide bonds. The number of aromatic nitrogens is 2. The van der Waals surface area contributed by atoms with Crippen molar-refractivity contribution in [2.45, 2.75) is 25.7 Å². The Morgan fingerprint density at radius 3 is 2.59 bits per heavy atom. The first-order chi connectivity index (χ1) is 10.6. The van der Waals surface area contributed by atoms with Gasteiger partial charge in [0.2, 0.25) is 0 Å². The third-order valence-electron chi connectivity index (χ3n) is 3.69. The van der Waals surface area contributed by atoms with E-state index >= 15 is 0 Å². The zero-order chi connectivity index (χ0) is 15.5. The maximum atomic E-state index is 13.3. The van der Waals surface area contributed by atoms with Crippen molar-refractivity contribution >= 4 is 11.5 Å². The van der Waals surface area contributed by atoms with Crippen LogP contribution in [0.4, 0.5) is 20.3 Å². The van der Waals surface area contributed by atoms with E-state index in [1.54, 1.807) is 0 Å². The van der Waals surface area contributed by atoms with Gasteiger partial charge in [0.05, 0.1) is 0 Å². The molecule has 0 atom stereocenters. The van der Waals surface area contributed by atoms with E-state index in [0.717, 1.165) is 43.9 Å². The van der Waals surface area contributed by atoms with Crippen LogP contribution in [-0.4, -0.2) is 23.2 Å². The first-order valence-corrected chi connectivity index (χ1v) is 7.27. The molecule has 1 N–H and O–H groups in total. The van der Waals surface area contributed by atoms with E-state index < -0.39 is 11.6 Å². The van der Waals surface area contributed by atoms with Crippen LogP contribution in [0.3, 0.4) is 0 Å². The molecule has 116 valence electrons. The second-order valence-corrected chi connectivity index (χ2v) is 5.37. The van der Waals surface area contributed by atoms with Gasteiger partial charge in [0, 0.05) is 42.6 Å². The van der Waals surface area contributed by atoms with Crippen molar-refractivity contribution in [3.8, 4) is 0 Å². The molecule has 0 aliphatic carbocycles. The summed E-state index contributed by atoms with van der Waals surface area (Å²) in [5, 5.41) is 3.00. The monoisotopic (exact) mass is 305 g/mol. The Bertz CT molecular complexity index is 672. The van der Waals surface area contributed by atoms with Crippen molar-refractivity contribution in [3.05, 3.63) is 47.4 Å². The molecule has 1 fully saturated rings. The standard InChI is InChI=1S/C16H17F2N3O/c1-10-19-15(11-4-6-22-7-5-11)9-16(20-10)21-12-2-3-13(17)14(18)8-12/h2-3,8-9,11H,4-7H2,1H3,(H,19,20,21). The zero-order valence-corrected chi connectivity index (χ0v) is 12.3. The zero-order valence-electron chi connectivity index (χ0n) is 12.3. The molecule has 3 rings (SSSR count).